The second-order valence-corrected chi connectivity index (χ2v) is 10.8. The topological polar surface area (TPSA) is 93.1 Å². The van der Waals surface area contributed by atoms with Crippen LogP contribution in [0.15, 0.2) is 82.8 Å². The van der Waals surface area contributed by atoms with Crippen molar-refractivity contribution in [1.82, 2.24) is 9.97 Å². The lowest BCUT2D eigenvalue weighted by molar-refractivity contribution is 0.556. The first-order valence-electron chi connectivity index (χ1n) is 10.4. The van der Waals surface area contributed by atoms with Crippen LogP contribution in [0.2, 0.25) is 0 Å². The number of sulfonamides is 1. The molecule has 0 fully saturated rings. The lowest BCUT2D eigenvalue weighted by Gasteiger charge is -2.43. The number of thiophene rings is 1. The lowest BCUT2D eigenvalue weighted by atomic mass is 10.0. The van der Waals surface area contributed by atoms with Crippen LogP contribution < -0.4 is 9.21 Å². The van der Waals surface area contributed by atoms with Crippen molar-refractivity contribution in [3.8, 4) is 6.07 Å². The van der Waals surface area contributed by atoms with Gasteiger partial charge in [-0.15, -0.1) is 23.7 Å². The molecule has 1 aliphatic heterocycles. The maximum atomic E-state index is 13.9. The number of aromatic nitrogens is 2. The summed E-state index contributed by atoms with van der Waals surface area (Å²) < 4.78 is 29.5. The molecular formula is C24H22ClN5O2S2. The zero-order valence-electron chi connectivity index (χ0n) is 18.0. The van der Waals surface area contributed by atoms with Crippen LogP contribution in [0.25, 0.3) is 0 Å². The highest BCUT2D eigenvalue weighted by Gasteiger charge is 2.39. The van der Waals surface area contributed by atoms with E-state index in [0.29, 0.717) is 30.8 Å². The highest BCUT2D eigenvalue weighted by Crippen LogP contribution is 2.41. The minimum absolute atomic E-state index is 0. The van der Waals surface area contributed by atoms with Crippen LogP contribution in [0.5, 0.6) is 0 Å². The van der Waals surface area contributed by atoms with Gasteiger partial charge in [0.15, 0.2) is 0 Å². The second kappa shape index (κ2) is 9.89. The molecule has 0 saturated carbocycles. The van der Waals surface area contributed by atoms with E-state index in [1.165, 1.54) is 15.6 Å². The normalized spacial score (nSPS) is 15.3. The molecule has 0 aliphatic carbocycles. The van der Waals surface area contributed by atoms with Gasteiger partial charge < -0.3 is 9.88 Å². The Hall–Kier alpha value is -3.32. The quantitative estimate of drug-likeness (QED) is 0.408. The molecule has 4 aromatic rings. The van der Waals surface area contributed by atoms with Gasteiger partial charge in [0.05, 0.1) is 47.6 Å². The Morgan fingerprint density at radius 1 is 1.12 bits per heavy atom. The lowest BCUT2D eigenvalue weighted by Crippen LogP contribution is -2.52. The first-order valence-corrected chi connectivity index (χ1v) is 12.8. The highest BCUT2D eigenvalue weighted by molar-refractivity contribution is 7.94. The summed E-state index contributed by atoms with van der Waals surface area (Å²) in [5, 5.41) is 11.3. The molecule has 0 radical (unpaired) electrons. The molecule has 1 atom stereocenters. The summed E-state index contributed by atoms with van der Waals surface area (Å²) in [5.41, 5.74) is 3.69. The van der Waals surface area contributed by atoms with Crippen molar-refractivity contribution in [2.24, 2.45) is 0 Å². The number of hydrogen-bond donors (Lipinski definition) is 1. The maximum Gasteiger partial charge on any atom is 0.274 e. The summed E-state index contributed by atoms with van der Waals surface area (Å²) in [5.74, 6) is 0. The average Bonchev–Trinajstić information content (AvgIpc) is 3.54. The van der Waals surface area contributed by atoms with Crippen LogP contribution in [0.3, 0.4) is 0 Å². The number of aromatic amines is 1. The number of nitrogens with zero attached hydrogens (tertiary/aromatic N) is 4. The zero-order chi connectivity index (χ0) is 22.8. The molecule has 10 heteroatoms. The van der Waals surface area contributed by atoms with Crippen molar-refractivity contribution >= 4 is 45.1 Å². The van der Waals surface area contributed by atoms with Gasteiger partial charge in [-0.3, -0.25) is 4.31 Å². The first-order chi connectivity index (χ1) is 16.1. The minimum atomic E-state index is -3.82. The maximum absolute atomic E-state index is 13.9. The van der Waals surface area contributed by atoms with Crippen molar-refractivity contribution in [1.29, 1.82) is 5.26 Å². The fraction of sp³-hybridized carbons (Fsp3) is 0.167. The van der Waals surface area contributed by atoms with E-state index in [4.69, 9.17) is 0 Å². The largest absolute Gasteiger partial charge is 0.362 e. The summed E-state index contributed by atoms with van der Waals surface area (Å²) in [4.78, 5) is 9.40. The van der Waals surface area contributed by atoms with Crippen LogP contribution >= 0.6 is 23.7 Å². The molecule has 0 bridgehead atoms. The van der Waals surface area contributed by atoms with Crippen molar-refractivity contribution in [2.75, 3.05) is 15.7 Å². The third-order valence-electron chi connectivity index (χ3n) is 5.68. The van der Waals surface area contributed by atoms with Crippen LogP contribution in [-0.4, -0.2) is 31.0 Å². The fourth-order valence-electron chi connectivity index (χ4n) is 4.25. The molecule has 174 valence electrons. The fourth-order valence-corrected chi connectivity index (χ4v) is 6.98. The summed E-state index contributed by atoms with van der Waals surface area (Å²) in [7, 11) is -3.82. The van der Waals surface area contributed by atoms with Gasteiger partial charge in [-0.25, -0.2) is 13.4 Å². The Morgan fingerprint density at radius 3 is 2.62 bits per heavy atom. The van der Waals surface area contributed by atoms with Gasteiger partial charge in [0.2, 0.25) is 0 Å². The Labute approximate surface area is 208 Å². The van der Waals surface area contributed by atoms with E-state index in [2.05, 4.69) is 20.9 Å². The van der Waals surface area contributed by atoms with E-state index in [0.717, 1.165) is 16.9 Å². The van der Waals surface area contributed by atoms with E-state index in [9.17, 15) is 13.7 Å². The summed E-state index contributed by atoms with van der Waals surface area (Å²) in [6.45, 7) is 1.05. The van der Waals surface area contributed by atoms with E-state index < -0.39 is 10.0 Å². The van der Waals surface area contributed by atoms with Crippen LogP contribution in [-0.2, 0) is 23.0 Å². The predicted molar refractivity (Wildman–Crippen MR) is 136 cm³/mol. The molecule has 5 rings (SSSR count). The van der Waals surface area contributed by atoms with Crippen LogP contribution in [0, 0.1) is 11.3 Å². The molecule has 7 nitrogen and oxygen atoms in total. The Kier molecular flexibility index (Phi) is 6.93. The first kappa shape index (κ1) is 23.8. The molecule has 2 aromatic carbocycles. The van der Waals surface area contributed by atoms with E-state index in [-0.39, 0.29) is 22.7 Å². The number of hydrogen-bond acceptors (Lipinski definition) is 6. The third-order valence-corrected chi connectivity index (χ3v) is 8.92. The van der Waals surface area contributed by atoms with E-state index in [1.54, 1.807) is 42.2 Å². The molecule has 0 saturated heterocycles. The van der Waals surface area contributed by atoms with Gasteiger partial charge in [-0.2, -0.15) is 5.26 Å². The number of anilines is 2. The third kappa shape index (κ3) is 4.53. The summed E-state index contributed by atoms with van der Waals surface area (Å²) in [6, 6.07) is 20.3. The zero-order valence-corrected chi connectivity index (χ0v) is 20.5. The van der Waals surface area contributed by atoms with E-state index in [1.807, 2.05) is 36.4 Å². The molecule has 1 aliphatic rings. The summed E-state index contributed by atoms with van der Waals surface area (Å²) >= 11 is 1.20. The molecule has 0 unspecified atom stereocenters. The molecule has 0 spiro atoms. The molecular weight excluding hydrogens is 490 g/mol. The number of halogens is 1. The molecule has 0 amide bonds. The smallest absolute Gasteiger partial charge is 0.274 e. The van der Waals surface area contributed by atoms with E-state index >= 15 is 0 Å². The number of imidazole rings is 1. The van der Waals surface area contributed by atoms with Crippen molar-refractivity contribution in [3.63, 3.8) is 0 Å². The van der Waals surface area contributed by atoms with Gasteiger partial charge in [-0.1, -0.05) is 36.4 Å². The molecule has 1 N–H and O–H groups in total. The molecule has 34 heavy (non-hydrogen) atoms. The summed E-state index contributed by atoms with van der Waals surface area (Å²) in [6.07, 6.45) is 3.94. The van der Waals surface area contributed by atoms with Crippen molar-refractivity contribution < 1.29 is 8.42 Å². The Balaban J connectivity index is 0.00000274. The van der Waals surface area contributed by atoms with Crippen LogP contribution in [0.4, 0.5) is 11.4 Å². The van der Waals surface area contributed by atoms with Gasteiger partial charge in [-0.05, 0) is 41.6 Å². The monoisotopic (exact) mass is 511 g/mol. The minimum Gasteiger partial charge on any atom is -0.362 e. The number of rotatable bonds is 6. The number of benzene rings is 2. The van der Waals surface area contributed by atoms with Gasteiger partial charge in [0.1, 0.15) is 4.21 Å². The SMILES string of the molecule is Cl.N#Cc1ccc2c(c1)N(S(=O)(=O)c1cccs1)[C@H](Cc1ccccc1)CN2Cc1cnc[nH]1. The molecule has 3 heterocycles. The Morgan fingerprint density at radius 2 is 1.94 bits per heavy atom. The predicted octanol–water partition coefficient (Wildman–Crippen LogP) is 4.59. The Bertz CT molecular complexity index is 1390. The van der Waals surface area contributed by atoms with Crippen molar-refractivity contribution in [2.45, 2.75) is 23.2 Å². The number of H-pyrrole nitrogens is 1. The van der Waals surface area contributed by atoms with Crippen molar-refractivity contribution in [3.05, 3.63) is 95.4 Å². The van der Waals surface area contributed by atoms with Gasteiger partial charge in [0.25, 0.3) is 10.0 Å². The van der Waals surface area contributed by atoms with Gasteiger partial charge >= 0.3 is 0 Å². The van der Waals surface area contributed by atoms with Gasteiger partial charge in [0, 0.05) is 12.7 Å². The highest BCUT2D eigenvalue weighted by atomic mass is 35.5. The number of nitrogens with one attached hydrogen (secondary N) is 1. The number of fused-ring (bicyclic) bond motifs is 1. The average molecular weight is 512 g/mol. The number of nitriles is 1. The van der Waals surface area contributed by atoms with Crippen LogP contribution in [0.1, 0.15) is 16.8 Å². The molecule has 2 aromatic heterocycles. The standard InChI is InChI=1S/C24H21N5O2S2.ClH/c25-13-19-8-9-22-23(12-19)29(33(30,31)24-7-4-10-32-24)21(11-18-5-2-1-3-6-18)16-28(22)15-20-14-26-17-27-20;/h1-10,12,14,17,21H,11,15-16H2,(H,26,27);1H/t21-;/m1./s1. The second-order valence-electron chi connectivity index (χ2n) is 7.85.